The normalized spacial score (nSPS) is 28.6. The molecule has 1 fully saturated rings. The molecular weight excluding hydrogens is 168 g/mol. The molecule has 0 aromatic heterocycles. The number of carbonyl (C=O) groups excluding carboxylic acids is 2. The van der Waals surface area contributed by atoms with Gasteiger partial charge in [-0.05, 0) is 12.3 Å². The van der Waals surface area contributed by atoms with Crippen LogP contribution in [0, 0.1) is 5.92 Å². The summed E-state index contributed by atoms with van der Waals surface area (Å²) >= 11 is 0. The topological polar surface area (TPSA) is 43.4 Å². The first-order chi connectivity index (χ1) is 6.13. The molecule has 3 nitrogen and oxygen atoms in total. The van der Waals surface area contributed by atoms with Crippen LogP contribution in [0.25, 0.3) is 0 Å². The van der Waals surface area contributed by atoms with Crippen LogP contribution < -0.4 is 0 Å². The van der Waals surface area contributed by atoms with Crippen LogP contribution in [0.1, 0.15) is 39.5 Å². The number of hydrogen-bond donors (Lipinski definition) is 0. The molecule has 2 atom stereocenters. The SMILES string of the molecule is CCC(=O)OC1CCC(=O)CC1C. The van der Waals surface area contributed by atoms with Crippen molar-refractivity contribution >= 4 is 11.8 Å². The van der Waals surface area contributed by atoms with Gasteiger partial charge in [-0.3, -0.25) is 9.59 Å². The third-order valence-corrected chi connectivity index (χ3v) is 2.46. The minimum Gasteiger partial charge on any atom is -0.462 e. The standard InChI is InChI=1S/C10H16O3/c1-3-10(12)13-9-5-4-8(11)6-7(9)2/h7,9H,3-6H2,1-2H3. The van der Waals surface area contributed by atoms with Crippen LogP contribution in [-0.2, 0) is 14.3 Å². The van der Waals surface area contributed by atoms with E-state index in [1.54, 1.807) is 6.92 Å². The maximum absolute atomic E-state index is 11.0. The second kappa shape index (κ2) is 4.40. The zero-order valence-corrected chi connectivity index (χ0v) is 8.21. The molecule has 0 N–H and O–H groups in total. The zero-order chi connectivity index (χ0) is 9.84. The van der Waals surface area contributed by atoms with Crippen molar-refractivity contribution in [2.45, 2.75) is 45.6 Å². The molecular formula is C10H16O3. The molecule has 0 heterocycles. The third-order valence-electron chi connectivity index (χ3n) is 2.46. The van der Waals surface area contributed by atoms with Gasteiger partial charge in [0.25, 0.3) is 0 Å². The van der Waals surface area contributed by atoms with Crippen LogP contribution in [-0.4, -0.2) is 17.9 Å². The molecule has 13 heavy (non-hydrogen) atoms. The van der Waals surface area contributed by atoms with Gasteiger partial charge in [0.05, 0.1) is 0 Å². The molecule has 0 amide bonds. The van der Waals surface area contributed by atoms with Gasteiger partial charge in [-0.15, -0.1) is 0 Å². The molecule has 0 bridgehead atoms. The highest BCUT2D eigenvalue weighted by atomic mass is 16.5. The number of hydrogen-bond acceptors (Lipinski definition) is 3. The first-order valence-corrected chi connectivity index (χ1v) is 4.84. The van der Waals surface area contributed by atoms with Crippen molar-refractivity contribution in [1.29, 1.82) is 0 Å². The van der Waals surface area contributed by atoms with E-state index in [1.807, 2.05) is 6.92 Å². The minimum atomic E-state index is -0.161. The predicted molar refractivity (Wildman–Crippen MR) is 48.2 cm³/mol. The van der Waals surface area contributed by atoms with Gasteiger partial charge < -0.3 is 4.74 Å². The Morgan fingerprint density at radius 1 is 1.62 bits per heavy atom. The first-order valence-electron chi connectivity index (χ1n) is 4.84. The summed E-state index contributed by atoms with van der Waals surface area (Å²) in [6.45, 7) is 3.74. The minimum absolute atomic E-state index is 0.0369. The lowest BCUT2D eigenvalue weighted by atomic mass is 9.87. The summed E-state index contributed by atoms with van der Waals surface area (Å²) in [4.78, 5) is 22.0. The summed E-state index contributed by atoms with van der Waals surface area (Å²) in [5.41, 5.74) is 0. The number of esters is 1. The maximum atomic E-state index is 11.0. The summed E-state index contributed by atoms with van der Waals surface area (Å²) in [7, 11) is 0. The molecule has 0 spiro atoms. The fraction of sp³-hybridized carbons (Fsp3) is 0.800. The van der Waals surface area contributed by atoms with E-state index in [4.69, 9.17) is 4.74 Å². The molecule has 1 aliphatic carbocycles. The third kappa shape index (κ3) is 2.83. The molecule has 0 aromatic rings. The summed E-state index contributed by atoms with van der Waals surface area (Å²) in [6.07, 6.45) is 2.20. The van der Waals surface area contributed by atoms with Crippen molar-refractivity contribution < 1.29 is 14.3 Å². The van der Waals surface area contributed by atoms with Crippen LogP contribution >= 0.6 is 0 Å². The average Bonchev–Trinajstić information content (AvgIpc) is 2.09. The Bertz CT molecular complexity index is 210. The van der Waals surface area contributed by atoms with E-state index in [0.717, 1.165) is 0 Å². The summed E-state index contributed by atoms with van der Waals surface area (Å²) in [5.74, 6) is 0.319. The number of ketones is 1. The van der Waals surface area contributed by atoms with Crippen molar-refractivity contribution in [2.24, 2.45) is 5.92 Å². The van der Waals surface area contributed by atoms with Crippen LogP contribution in [0.3, 0.4) is 0 Å². The number of carbonyl (C=O) groups is 2. The number of ether oxygens (including phenoxy) is 1. The Hall–Kier alpha value is -0.860. The van der Waals surface area contributed by atoms with Gasteiger partial charge in [0.1, 0.15) is 11.9 Å². The van der Waals surface area contributed by atoms with Crippen LogP contribution in [0.5, 0.6) is 0 Å². The predicted octanol–water partition coefficient (Wildman–Crippen LogP) is 1.70. The Kier molecular flexibility index (Phi) is 3.46. The fourth-order valence-corrected chi connectivity index (χ4v) is 1.61. The lowest BCUT2D eigenvalue weighted by Gasteiger charge is -2.27. The molecule has 1 aliphatic rings. The Balaban J connectivity index is 2.42. The Labute approximate surface area is 78.5 Å². The highest BCUT2D eigenvalue weighted by Crippen LogP contribution is 2.24. The van der Waals surface area contributed by atoms with E-state index < -0.39 is 0 Å². The second-order valence-corrected chi connectivity index (χ2v) is 3.64. The van der Waals surface area contributed by atoms with E-state index in [0.29, 0.717) is 25.7 Å². The smallest absolute Gasteiger partial charge is 0.305 e. The van der Waals surface area contributed by atoms with Crippen molar-refractivity contribution in [1.82, 2.24) is 0 Å². The summed E-state index contributed by atoms with van der Waals surface area (Å²) < 4.78 is 5.21. The maximum Gasteiger partial charge on any atom is 0.305 e. The highest BCUT2D eigenvalue weighted by Gasteiger charge is 2.28. The van der Waals surface area contributed by atoms with E-state index in [2.05, 4.69) is 0 Å². The van der Waals surface area contributed by atoms with Gasteiger partial charge in [-0.1, -0.05) is 13.8 Å². The number of Topliss-reactive ketones (excluding diaryl/α,β-unsaturated/α-hetero) is 1. The molecule has 1 rings (SSSR count). The van der Waals surface area contributed by atoms with Crippen molar-refractivity contribution in [3.8, 4) is 0 Å². The molecule has 1 saturated carbocycles. The first kappa shape index (κ1) is 10.2. The molecule has 3 heteroatoms. The largest absolute Gasteiger partial charge is 0.462 e. The van der Waals surface area contributed by atoms with E-state index in [9.17, 15) is 9.59 Å². The van der Waals surface area contributed by atoms with E-state index in [-0.39, 0.29) is 23.8 Å². The average molecular weight is 184 g/mol. The highest BCUT2D eigenvalue weighted by molar-refractivity contribution is 5.79. The van der Waals surface area contributed by atoms with Gasteiger partial charge in [0.15, 0.2) is 0 Å². The van der Waals surface area contributed by atoms with E-state index in [1.165, 1.54) is 0 Å². The Morgan fingerprint density at radius 2 is 2.31 bits per heavy atom. The molecule has 74 valence electrons. The van der Waals surface area contributed by atoms with Crippen LogP contribution in [0.15, 0.2) is 0 Å². The van der Waals surface area contributed by atoms with Gasteiger partial charge in [-0.2, -0.15) is 0 Å². The zero-order valence-electron chi connectivity index (χ0n) is 8.21. The molecule has 2 unspecified atom stereocenters. The number of rotatable bonds is 2. The van der Waals surface area contributed by atoms with Crippen LogP contribution in [0.2, 0.25) is 0 Å². The van der Waals surface area contributed by atoms with Crippen LogP contribution in [0.4, 0.5) is 0 Å². The molecule has 0 radical (unpaired) electrons. The molecule has 0 aromatic carbocycles. The Morgan fingerprint density at radius 3 is 2.85 bits per heavy atom. The van der Waals surface area contributed by atoms with E-state index >= 15 is 0 Å². The monoisotopic (exact) mass is 184 g/mol. The molecule has 0 aliphatic heterocycles. The van der Waals surface area contributed by atoms with Crippen molar-refractivity contribution in [3.05, 3.63) is 0 Å². The fourth-order valence-electron chi connectivity index (χ4n) is 1.61. The molecule has 0 saturated heterocycles. The van der Waals surface area contributed by atoms with Gasteiger partial charge in [0.2, 0.25) is 0 Å². The lowest BCUT2D eigenvalue weighted by molar-refractivity contribution is -0.154. The summed E-state index contributed by atoms with van der Waals surface area (Å²) in [5, 5.41) is 0. The quantitative estimate of drug-likeness (QED) is 0.613. The van der Waals surface area contributed by atoms with Crippen molar-refractivity contribution in [3.63, 3.8) is 0 Å². The van der Waals surface area contributed by atoms with Gasteiger partial charge in [-0.25, -0.2) is 0 Å². The lowest BCUT2D eigenvalue weighted by Crippen LogP contribution is -2.31. The van der Waals surface area contributed by atoms with Gasteiger partial charge in [0, 0.05) is 19.3 Å². The summed E-state index contributed by atoms with van der Waals surface area (Å²) in [6, 6.07) is 0. The second-order valence-electron chi connectivity index (χ2n) is 3.64. The van der Waals surface area contributed by atoms with Gasteiger partial charge >= 0.3 is 5.97 Å². The van der Waals surface area contributed by atoms with Crippen molar-refractivity contribution in [2.75, 3.05) is 0 Å².